The van der Waals surface area contributed by atoms with Gasteiger partial charge in [-0.15, -0.1) is 22.7 Å². The van der Waals surface area contributed by atoms with Crippen LogP contribution in [0.5, 0.6) is 0 Å². The number of thiazole rings is 1. The Morgan fingerprint density at radius 3 is 2.59 bits per heavy atom. The molecular formula is C23H25N3O4S2. The number of anilines is 1. The number of rotatable bonds is 11. The number of hydrogen-bond donors (Lipinski definition) is 2. The monoisotopic (exact) mass is 471 g/mol. The van der Waals surface area contributed by atoms with Gasteiger partial charge in [-0.1, -0.05) is 35.9 Å². The molecule has 9 heteroatoms. The standard InChI is InChI=1S/C23H25N3O4S2/c1-16-4-6-17(7-5-16)8-9-20(27)24-10-11-30-22(29)13-18-15-32-23(25-18)26-21(28)14-19-3-2-12-31-19/h2-7,12,15H,8-11,13-14H2,1H3,(H,24,27)(H,25,26,28). The van der Waals surface area contributed by atoms with Crippen molar-refractivity contribution in [3.05, 3.63) is 68.9 Å². The Morgan fingerprint density at radius 1 is 1.03 bits per heavy atom. The van der Waals surface area contributed by atoms with Crippen LogP contribution in [0.1, 0.15) is 28.1 Å². The maximum atomic E-state index is 12.0. The Hall–Kier alpha value is -3.04. The Kier molecular flexibility index (Phi) is 8.94. The van der Waals surface area contributed by atoms with E-state index in [9.17, 15) is 14.4 Å². The smallest absolute Gasteiger partial charge is 0.311 e. The topological polar surface area (TPSA) is 97.4 Å². The fraction of sp³-hybridized carbons (Fsp3) is 0.304. The first kappa shape index (κ1) is 23.6. The number of amides is 2. The van der Waals surface area contributed by atoms with Crippen molar-refractivity contribution in [1.82, 2.24) is 10.3 Å². The zero-order valence-corrected chi connectivity index (χ0v) is 19.4. The van der Waals surface area contributed by atoms with Gasteiger partial charge in [0.1, 0.15) is 6.61 Å². The summed E-state index contributed by atoms with van der Waals surface area (Å²) < 4.78 is 5.16. The van der Waals surface area contributed by atoms with Crippen molar-refractivity contribution < 1.29 is 19.1 Å². The Bertz CT molecular complexity index is 1030. The molecule has 2 heterocycles. The van der Waals surface area contributed by atoms with E-state index in [1.807, 2.05) is 48.7 Å². The van der Waals surface area contributed by atoms with E-state index < -0.39 is 5.97 Å². The average molecular weight is 472 g/mol. The maximum Gasteiger partial charge on any atom is 0.311 e. The molecule has 0 aliphatic heterocycles. The van der Waals surface area contributed by atoms with Crippen LogP contribution < -0.4 is 10.6 Å². The highest BCUT2D eigenvalue weighted by Crippen LogP contribution is 2.17. The lowest BCUT2D eigenvalue weighted by atomic mass is 10.1. The third-order valence-electron chi connectivity index (χ3n) is 4.49. The molecular weight excluding hydrogens is 446 g/mol. The minimum atomic E-state index is -0.430. The van der Waals surface area contributed by atoms with Crippen LogP contribution in [0.3, 0.4) is 0 Å². The quantitative estimate of drug-likeness (QED) is 0.329. The SMILES string of the molecule is Cc1ccc(CCC(=O)NCCOC(=O)Cc2csc(NC(=O)Cc3cccs3)n2)cc1. The van der Waals surface area contributed by atoms with Gasteiger partial charge in [-0.3, -0.25) is 14.4 Å². The van der Waals surface area contributed by atoms with Crippen LogP contribution in [-0.4, -0.2) is 35.9 Å². The zero-order chi connectivity index (χ0) is 22.8. The van der Waals surface area contributed by atoms with Crippen LogP contribution in [0.4, 0.5) is 5.13 Å². The highest BCUT2D eigenvalue weighted by atomic mass is 32.1. The Balaban J connectivity index is 1.29. The fourth-order valence-electron chi connectivity index (χ4n) is 2.84. The van der Waals surface area contributed by atoms with E-state index in [2.05, 4.69) is 15.6 Å². The molecule has 2 aromatic heterocycles. The molecule has 1 aromatic carbocycles. The van der Waals surface area contributed by atoms with Gasteiger partial charge in [0, 0.05) is 16.7 Å². The largest absolute Gasteiger partial charge is 0.464 e. The average Bonchev–Trinajstić information content (AvgIpc) is 3.43. The molecule has 0 spiro atoms. The van der Waals surface area contributed by atoms with Crippen LogP contribution in [0.2, 0.25) is 0 Å². The summed E-state index contributed by atoms with van der Waals surface area (Å²) in [4.78, 5) is 41.1. The Labute approximate surface area is 194 Å². The van der Waals surface area contributed by atoms with Crippen molar-refractivity contribution in [3.8, 4) is 0 Å². The molecule has 0 aliphatic rings. The zero-order valence-electron chi connectivity index (χ0n) is 17.8. The number of carbonyl (C=O) groups excluding carboxylic acids is 3. The molecule has 0 aliphatic carbocycles. The minimum Gasteiger partial charge on any atom is -0.464 e. The van der Waals surface area contributed by atoms with E-state index in [0.717, 1.165) is 10.4 Å². The molecule has 0 radical (unpaired) electrons. The second-order valence-corrected chi connectivity index (χ2v) is 9.07. The van der Waals surface area contributed by atoms with Gasteiger partial charge in [0.2, 0.25) is 11.8 Å². The van der Waals surface area contributed by atoms with Crippen LogP contribution in [-0.2, 0) is 38.4 Å². The van der Waals surface area contributed by atoms with Crippen LogP contribution in [0.25, 0.3) is 0 Å². The predicted molar refractivity (Wildman–Crippen MR) is 126 cm³/mol. The first-order valence-electron chi connectivity index (χ1n) is 10.2. The van der Waals surface area contributed by atoms with Gasteiger partial charge in [0.05, 0.1) is 25.1 Å². The van der Waals surface area contributed by atoms with Gasteiger partial charge in [0.15, 0.2) is 5.13 Å². The van der Waals surface area contributed by atoms with Gasteiger partial charge >= 0.3 is 5.97 Å². The van der Waals surface area contributed by atoms with Crippen molar-refractivity contribution >= 4 is 45.6 Å². The number of carbonyl (C=O) groups is 3. The first-order valence-corrected chi connectivity index (χ1v) is 12.0. The van der Waals surface area contributed by atoms with Crippen LogP contribution >= 0.6 is 22.7 Å². The number of thiophene rings is 1. The van der Waals surface area contributed by atoms with Crippen molar-refractivity contribution in [2.75, 3.05) is 18.5 Å². The summed E-state index contributed by atoms with van der Waals surface area (Å²) in [7, 11) is 0. The predicted octanol–water partition coefficient (Wildman–Crippen LogP) is 3.53. The Morgan fingerprint density at radius 2 is 1.84 bits per heavy atom. The molecule has 0 saturated heterocycles. The van der Waals surface area contributed by atoms with Crippen molar-refractivity contribution in [3.63, 3.8) is 0 Å². The summed E-state index contributed by atoms with van der Waals surface area (Å²) in [5.41, 5.74) is 2.84. The van der Waals surface area contributed by atoms with E-state index in [4.69, 9.17) is 4.74 Å². The number of nitrogens with one attached hydrogen (secondary N) is 2. The molecule has 0 atom stereocenters. The second kappa shape index (κ2) is 12.1. The molecule has 3 rings (SSSR count). The number of esters is 1. The molecule has 2 amide bonds. The van der Waals surface area contributed by atoms with Crippen LogP contribution in [0.15, 0.2) is 47.2 Å². The summed E-state index contributed by atoms with van der Waals surface area (Å²) in [6.45, 7) is 2.39. The number of aryl methyl sites for hydroxylation is 2. The lowest BCUT2D eigenvalue weighted by Gasteiger charge is -2.07. The molecule has 3 aromatic rings. The molecule has 0 saturated carbocycles. The molecule has 7 nitrogen and oxygen atoms in total. The summed E-state index contributed by atoms with van der Waals surface area (Å²) in [5, 5.41) is 9.59. The third kappa shape index (κ3) is 8.24. The third-order valence-corrected chi connectivity index (χ3v) is 6.17. The van der Waals surface area contributed by atoms with Gasteiger partial charge in [-0.25, -0.2) is 4.98 Å². The molecule has 168 valence electrons. The van der Waals surface area contributed by atoms with E-state index in [-0.39, 0.29) is 31.4 Å². The van der Waals surface area contributed by atoms with Gasteiger partial charge < -0.3 is 15.4 Å². The number of hydrogen-bond acceptors (Lipinski definition) is 7. The minimum absolute atomic E-state index is 0.0126. The van der Waals surface area contributed by atoms with E-state index in [1.165, 1.54) is 28.2 Å². The van der Waals surface area contributed by atoms with Crippen molar-refractivity contribution in [2.24, 2.45) is 0 Å². The van der Waals surface area contributed by atoms with Gasteiger partial charge in [-0.05, 0) is 30.4 Å². The number of ether oxygens (including phenoxy) is 1. The molecule has 2 N–H and O–H groups in total. The van der Waals surface area contributed by atoms with Crippen LogP contribution in [0, 0.1) is 6.92 Å². The number of nitrogens with zero attached hydrogens (tertiary/aromatic N) is 1. The summed E-state index contributed by atoms with van der Waals surface area (Å²) in [6, 6.07) is 11.9. The van der Waals surface area contributed by atoms with Crippen molar-refractivity contribution in [1.29, 1.82) is 0 Å². The normalized spacial score (nSPS) is 10.5. The lowest BCUT2D eigenvalue weighted by molar-refractivity contribution is -0.143. The highest BCUT2D eigenvalue weighted by Gasteiger charge is 2.12. The fourth-order valence-corrected chi connectivity index (χ4v) is 4.27. The first-order chi connectivity index (χ1) is 15.5. The summed E-state index contributed by atoms with van der Waals surface area (Å²) in [5.74, 6) is -0.654. The summed E-state index contributed by atoms with van der Waals surface area (Å²) >= 11 is 2.79. The number of aromatic nitrogens is 1. The molecule has 0 fully saturated rings. The van der Waals surface area contributed by atoms with Gasteiger partial charge in [-0.2, -0.15) is 0 Å². The number of benzene rings is 1. The molecule has 0 unspecified atom stereocenters. The second-order valence-electron chi connectivity index (χ2n) is 7.18. The van der Waals surface area contributed by atoms with E-state index in [1.54, 1.807) is 5.38 Å². The molecule has 0 bridgehead atoms. The molecule has 32 heavy (non-hydrogen) atoms. The lowest BCUT2D eigenvalue weighted by Crippen LogP contribution is -2.28. The van der Waals surface area contributed by atoms with E-state index in [0.29, 0.717) is 30.1 Å². The maximum absolute atomic E-state index is 12.0. The van der Waals surface area contributed by atoms with Crippen molar-refractivity contribution in [2.45, 2.75) is 32.6 Å². The summed E-state index contributed by atoms with van der Waals surface area (Å²) in [6.07, 6.45) is 1.36. The van der Waals surface area contributed by atoms with E-state index >= 15 is 0 Å². The highest BCUT2D eigenvalue weighted by molar-refractivity contribution is 7.14. The van der Waals surface area contributed by atoms with Gasteiger partial charge in [0.25, 0.3) is 0 Å².